The number of carbonyl (C=O) groups excluding carboxylic acids is 2. The first kappa shape index (κ1) is 22.3. The summed E-state index contributed by atoms with van der Waals surface area (Å²) in [6.45, 7) is 6.08. The van der Waals surface area contributed by atoms with Gasteiger partial charge in [0.25, 0.3) is 5.91 Å². The van der Waals surface area contributed by atoms with Gasteiger partial charge in [0.1, 0.15) is 5.82 Å². The van der Waals surface area contributed by atoms with E-state index in [2.05, 4.69) is 36.2 Å². The summed E-state index contributed by atoms with van der Waals surface area (Å²) in [6.07, 6.45) is 5.28. The van der Waals surface area contributed by atoms with Crippen LogP contribution in [0.15, 0.2) is 54.7 Å². The molecule has 3 heterocycles. The largest absolute Gasteiger partial charge is 0.338 e. The Balaban J connectivity index is 1.40. The van der Waals surface area contributed by atoms with E-state index >= 15 is 0 Å². The first-order valence-electron chi connectivity index (χ1n) is 12.1. The van der Waals surface area contributed by atoms with Gasteiger partial charge < -0.3 is 9.80 Å². The first-order chi connectivity index (χ1) is 16.5. The van der Waals surface area contributed by atoms with Gasteiger partial charge in [0.2, 0.25) is 5.91 Å². The second kappa shape index (κ2) is 9.37. The third-order valence-electron chi connectivity index (χ3n) is 6.84. The SMILES string of the molecule is Cc1cccc(-c2cnc(C)nc2[C@@H]2CCCN(C(=O)c3cccc(N4CCCC4=O)c3)C2)c1. The number of hydrogen-bond donors (Lipinski definition) is 0. The molecule has 1 atom stereocenters. The Morgan fingerprint density at radius 1 is 1.03 bits per heavy atom. The average molecular weight is 455 g/mol. The van der Waals surface area contributed by atoms with Gasteiger partial charge in [0, 0.05) is 55.0 Å². The third-order valence-corrected chi connectivity index (χ3v) is 6.84. The van der Waals surface area contributed by atoms with Crippen molar-refractivity contribution in [3.8, 4) is 11.1 Å². The van der Waals surface area contributed by atoms with Crippen molar-refractivity contribution in [3.05, 3.63) is 77.4 Å². The van der Waals surface area contributed by atoms with E-state index in [1.54, 1.807) is 4.90 Å². The van der Waals surface area contributed by atoms with Gasteiger partial charge in [-0.1, -0.05) is 35.9 Å². The van der Waals surface area contributed by atoms with Gasteiger partial charge in [-0.15, -0.1) is 0 Å². The van der Waals surface area contributed by atoms with Crippen LogP contribution < -0.4 is 4.90 Å². The van der Waals surface area contributed by atoms with E-state index < -0.39 is 0 Å². The maximum absolute atomic E-state index is 13.5. The Morgan fingerprint density at radius 3 is 2.68 bits per heavy atom. The van der Waals surface area contributed by atoms with Crippen LogP contribution in [0.4, 0.5) is 5.69 Å². The van der Waals surface area contributed by atoms with Crippen LogP contribution in [-0.4, -0.2) is 46.3 Å². The molecule has 6 nitrogen and oxygen atoms in total. The molecular formula is C28H30N4O2. The molecule has 174 valence electrons. The summed E-state index contributed by atoms with van der Waals surface area (Å²) in [5.41, 5.74) is 5.82. The highest BCUT2D eigenvalue weighted by Crippen LogP contribution is 2.34. The second-order valence-corrected chi connectivity index (χ2v) is 9.38. The van der Waals surface area contributed by atoms with Crippen molar-refractivity contribution in [1.82, 2.24) is 14.9 Å². The molecule has 0 bridgehead atoms. The number of hydrogen-bond acceptors (Lipinski definition) is 4. The summed E-state index contributed by atoms with van der Waals surface area (Å²) in [7, 11) is 0. The Labute approximate surface area is 200 Å². The topological polar surface area (TPSA) is 66.4 Å². The Bertz CT molecular complexity index is 1240. The van der Waals surface area contributed by atoms with Crippen LogP contribution in [0.25, 0.3) is 11.1 Å². The summed E-state index contributed by atoms with van der Waals surface area (Å²) in [6, 6.07) is 15.9. The van der Waals surface area contributed by atoms with Crippen LogP contribution in [0, 0.1) is 13.8 Å². The van der Waals surface area contributed by atoms with Crippen molar-refractivity contribution < 1.29 is 9.59 Å². The highest BCUT2D eigenvalue weighted by Gasteiger charge is 2.29. The number of benzene rings is 2. The van der Waals surface area contributed by atoms with E-state index in [1.165, 1.54) is 5.56 Å². The normalized spacial score (nSPS) is 18.4. The van der Waals surface area contributed by atoms with Gasteiger partial charge >= 0.3 is 0 Å². The van der Waals surface area contributed by atoms with E-state index in [9.17, 15) is 9.59 Å². The summed E-state index contributed by atoms with van der Waals surface area (Å²) in [5, 5.41) is 0. The zero-order valence-electron chi connectivity index (χ0n) is 19.8. The zero-order valence-corrected chi connectivity index (χ0v) is 19.8. The van der Waals surface area contributed by atoms with Crippen LogP contribution in [0.1, 0.15) is 59.0 Å². The van der Waals surface area contributed by atoms with E-state index in [0.717, 1.165) is 60.7 Å². The van der Waals surface area contributed by atoms with Gasteiger partial charge in [-0.25, -0.2) is 9.97 Å². The molecule has 0 saturated carbocycles. The summed E-state index contributed by atoms with van der Waals surface area (Å²) in [5.74, 6) is 1.04. The molecule has 2 aliphatic rings. The fraction of sp³-hybridized carbons (Fsp3) is 0.357. The number of aromatic nitrogens is 2. The lowest BCUT2D eigenvalue weighted by molar-refractivity contribution is -0.117. The molecular weight excluding hydrogens is 424 g/mol. The molecule has 2 fully saturated rings. The maximum atomic E-state index is 13.5. The smallest absolute Gasteiger partial charge is 0.253 e. The van der Waals surface area contributed by atoms with E-state index in [0.29, 0.717) is 18.5 Å². The first-order valence-corrected chi connectivity index (χ1v) is 12.1. The van der Waals surface area contributed by atoms with Crippen molar-refractivity contribution in [1.29, 1.82) is 0 Å². The Kier molecular flexibility index (Phi) is 6.14. The zero-order chi connectivity index (χ0) is 23.7. The van der Waals surface area contributed by atoms with Gasteiger partial charge in [0.05, 0.1) is 5.69 Å². The van der Waals surface area contributed by atoms with Crippen molar-refractivity contribution in [2.75, 3.05) is 24.5 Å². The molecule has 2 aromatic carbocycles. The molecule has 0 aliphatic carbocycles. The van der Waals surface area contributed by atoms with Crippen molar-refractivity contribution in [2.24, 2.45) is 0 Å². The van der Waals surface area contributed by atoms with Crippen molar-refractivity contribution in [2.45, 2.75) is 45.4 Å². The molecule has 0 N–H and O–H groups in total. The van der Waals surface area contributed by atoms with Crippen LogP contribution in [-0.2, 0) is 4.79 Å². The molecule has 1 aromatic heterocycles. The standard InChI is InChI=1S/C28H30N4O2/c1-19-7-3-8-21(15-19)25-17-29-20(2)30-27(25)23-10-5-13-31(18-23)28(34)22-9-4-11-24(16-22)32-14-6-12-26(32)33/h3-4,7-9,11,15-17,23H,5-6,10,12-14,18H2,1-2H3/t23-/m1/s1. The predicted molar refractivity (Wildman–Crippen MR) is 133 cm³/mol. The predicted octanol–water partition coefficient (Wildman–Crippen LogP) is 4.91. The molecule has 0 spiro atoms. The fourth-order valence-corrected chi connectivity index (χ4v) is 5.13. The number of piperidine rings is 1. The van der Waals surface area contributed by atoms with Crippen molar-refractivity contribution >= 4 is 17.5 Å². The monoisotopic (exact) mass is 454 g/mol. The van der Waals surface area contributed by atoms with Gasteiger partial charge in [0.15, 0.2) is 0 Å². The maximum Gasteiger partial charge on any atom is 0.253 e. The number of rotatable bonds is 4. The highest BCUT2D eigenvalue weighted by molar-refractivity contribution is 5.99. The lowest BCUT2D eigenvalue weighted by atomic mass is 9.89. The summed E-state index contributed by atoms with van der Waals surface area (Å²) in [4.78, 5) is 38.7. The second-order valence-electron chi connectivity index (χ2n) is 9.38. The average Bonchev–Trinajstić information content (AvgIpc) is 3.29. The van der Waals surface area contributed by atoms with Crippen molar-refractivity contribution in [3.63, 3.8) is 0 Å². The Morgan fingerprint density at radius 2 is 1.88 bits per heavy atom. The van der Waals surface area contributed by atoms with Crippen LogP contribution in [0.2, 0.25) is 0 Å². The Hall–Kier alpha value is -3.54. The molecule has 5 rings (SSSR count). The highest BCUT2D eigenvalue weighted by atomic mass is 16.2. The minimum atomic E-state index is 0.0149. The van der Waals surface area contributed by atoms with E-state index in [4.69, 9.17) is 4.98 Å². The van der Waals surface area contributed by atoms with Crippen LogP contribution >= 0.6 is 0 Å². The number of amides is 2. The lowest BCUT2D eigenvalue weighted by Crippen LogP contribution is -2.39. The number of carbonyl (C=O) groups is 2. The number of anilines is 1. The molecule has 2 saturated heterocycles. The number of likely N-dealkylation sites (tertiary alicyclic amines) is 1. The third kappa shape index (κ3) is 4.45. The molecule has 0 radical (unpaired) electrons. The van der Waals surface area contributed by atoms with Gasteiger partial charge in [-0.2, -0.15) is 0 Å². The van der Waals surface area contributed by atoms with E-state index in [-0.39, 0.29) is 17.7 Å². The molecule has 3 aromatic rings. The number of nitrogens with zero attached hydrogens (tertiary/aromatic N) is 4. The lowest BCUT2D eigenvalue weighted by Gasteiger charge is -2.33. The number of aryl methyl sites for hydroxylation is 2. The van der Waals surface area contributed by atoms with Gasteiger partial charge in [-0.3, -0.25) is 9.59 Å². The fourth-order valence-electron chi connectivity index (χ4n) is 5.13. The molecule has 6 heteroatoms. The summed E-state index contributed by atoms with van der Waals surface area (Å²) < 4.78 is 0. The minimum absolute atomic E-state index is 0.0149. The minimum Gasteiger partial charge on any atom is -0.338 e. The summed E-state index contributed by atoms with van der Waals surface area (Å²) >= 11 is 0. The van der Waals surface area contributed by atoms with E-state index in [1.807, 2.05) is 42.3 Å². The quantitative estimate of drug-likeness (QED) is 0.562. The van der Waals surface area contributed by atoms with Crippen LogP contribution in [0.3, 0.4) is 0 Å². The molecule has 2 aliphatic heterocycles. The molecule has 0 unspecified atom stereocenters. The van der Waals surface area contributed by atoms with Crippen LogP contribution in [0.5, 0.6) is 0 Å². The van der Waals surface area contributed by atoms with Gasteiger partial charge in [-0.05, 0) is 56.9 Å². The molecule has 2 amide bonds. The molecule has 34 heavy (non-hydrogen) atoms.